The maximum atomic E-state index is 14.6. The fourth-order valence-corrected chi connectivity index (χ4v) is 10.9. The van der Waals surface area contributed by atoms with Crippen LogP contribution in [0.25, 0.3) is 44.2 Å². The van der Waals surface area contributed by atoms with Crippen LogP contribution in [-0.2, 0) is 0 Å². The van der Waals surface area contributed by atoms with E-state index >= 15 is 0 Å². The van der Waals surface area contributed by atoms with Gasteiger partial charge in [0.05, 0.1) is 5.69 Å². The fourth-order valence-electron chi connectivity index (χ4n) is 10.9. The minimum Gasteiger partial charge on any atom is -0.409 e. The van der Waals surface area contributed by atoms with Crippen LogP contribution in [0.4, 0.5) is 16.2 Å². The summed E-state index contributed by atoms with van der Waals surface area (Å²) in [6.07, 6.45) is -0.370. The Balaban J connectivity index is 1.18. The molecule has 3 nitrogen and oxygen atoms in total. The van der Waals surface area contributed by atoms with Crippen LogP contribution >= 0.6 is 0 Å². The first-order chi connectivity index (χ1) is 29.2. The Labute approximate surface area is 342 Å². The second kappa shape index (κ2) is 12.3. The molecule has 0 atom stereocenters. The minimum atomic E-state index is -0.370. The van der Waals surface area contributed by atoms with Crippen molar-refractivity contribution in [1.29, 1.82) is 0 Å². The van der Waals surface area contributed by atoms with Gasteiger partial charge in [0.25, 0.3) is 0 Å². The summed E-state index contributed by atoms with van der Waals surface area (Å²) in [5.41, 5.74) is 20.2. The van der Waals surface area contributed by atoms with E-state index in [9.17, 15) is 4.79 Å². The molecule has 0 radical (unpaired) electrons. The first kappa shape index (κ1) is 32.6. The molecule has 1 amide bonds. The summed E-state index contributed by atoms with van der Waals surface area (Å²) in [7, 11) is 0. The second-order valence-corrected chi connectivity index (χ2v) is 16.2. The fraction of sp³-hybridized carbons (Fsp3) is 0.0364. The number of nitrogens with zero attached hydrogens (tertiary/aromatic N) is 1. The van der Waals surface area contributed by atoms with Gasteiger partial charge in [-0.25, -0.2) is 9.69 Å². The number of rotatable bonds is 4. The lowest BCUT2D eigenvalue weighted by Gasteiger charge is -2.45. The number of carbonyl (C=O) groups is 1. The molecule has 0 saturated carbocycles. The van der Waals surface area contributed by atoms with E-state index in [1.54, 1.807) is 0 Å². The molecule has 14 rings (SSSR count). The molecule has 0 saturated heterocycles. The van der Waals surface area contributed by atoms with Crippen molar-refractivity contribution in [3.8, 4) is 39.1 Å². The van der Waals surface area contributed by atoms with E-state index in [0.717, 1.165) is 49.8 Å². The van der Waals surface area contributed by atoms with Crippen molar-refractivity contribution in [3.63, 3.8) is 0 Å². The molecular formula is C55H34BNO2. The van der Waals surface area contributed by atoms with Crippen LogP contribution in [0, 0.1) is 0 Å². The zero-order valence-electron chi connectivity index (χ0n) is 32.0. The molecule has 59 heavy (non-hydrogen) atoms. The van der Waals surface area contributed by atoms with Crippen molar-refractivity contribution in [2.45, 2.75) is 11.8 Å². The van der Waals surface area contributed by atoms with Crippen molar-refractivity contribution in [2.24, 2.45) is 0 Å². The highest BCUT2D eigenvalue weighted by molar-refractivity contribution is 7.00. The summed E-state index contributed by atoms with van der Waals surface area (Å²) in [4.78, 5) is 16.5. The lowest BCUT2D eigenvalue weighted by molar-refractivity contribution is 0.210. The van der Waals surface area contributed by atoms with Gasteiger partial charge in [-0.1, -0.05) is 175 Å². The summed E-state index contributed by atoms with van der Waals surface area (Å²) in [6, 6.07) is 70.4. The van der Waals surface area contributed by atoms with Crippen molar-refractivity contribution in [2.75, 3.05) is 4.90 Å². The zero-order valence-corrected chi connectivity index (χ0v) is 32.0. The van der Waals surface area contributed by atoms with E-state index in [-0.39, 0.29) is 24.6 Å². The molecule has 4 heteroatoms. The molecule has 0 aromatic heterocycles. The number of ether oxygens (including phenoxy) is 1. The molecule has 2 heterocycles. The van der Waals surface area contributed by atoms with E-state index in [1.165, 1.54) is 55.5 Å². The maximum absolute atomic E-state index is 14.6. The Morgan fingerprint density at radius 2 is 0.966 bits per heavy atom. The highest BCUT2D eigenvalue weighted by atomic mass is 16.6. The Bertz CT molecular complexity index is 3120. The van der Waals surface area contributed by atoms with Crippen LogP contribution < -0.4 is 26.0 Å². The van der Waals surface area contributed by atoms with Gasteiger partial charge in [-0.05, 0) is 107 Å². The van der Waals surface area contributed by atoms with Gasteiger partial charge < -0.3 is 4.74 Å². The summed E-state index contributed by atoms with van der Waals surface area (Å²) in [6.45, 7) is -0.230. The average Bonchev–Trinajstić information content (AvgIpc) is 3.30. The lowest BCUT2D eigenvalue weighted by atomic mass is 9.33. The third kappa shape index (κ3) is 4.57. The molecular weight excluding hydrogens is 717 g/mol. The van der Waals surface area contributed by atoms with Crippen molar-refractivity contribution >= 4 is 51.3 Å². The molecule has 0 unspecified atom stereocenters. The number of hydrogen-bond donors (Lipinski definition) is 0. The van der Waals surface area contributed by atoms with Gasteiger partial charge in [0.2, 0.25) is 6.71 Å². The standard InChI is InChI=1S/C55H34BNO2/c58-55-57-48-32-45-44(51-38-22-10-12-24-40(38)52(45)41-25-13-11-23-39(41)51)31-47(48)56(46-28-27-36-21-14-26-49(59-55)50(36)54(46)57)53-42(34-17-6-2-7-18-34)29-37(33-15-4-1-5-16-33)30-43(53)35-19-8-3-9-20-35/h1-32,51-52H. The number of benzene rings is 9. The largest absolute Gasteiger partial charge is 0.424 e. The number of carbonyl (C=O) groups excluding carboxylic acids is 1. The Morgan fingerprint density at radius 1 is 0.441 bits per heavy atom. The number of anilines is 2. The number of fused-ring (bicyclic) bond motifs is 2. The molecule has 9 aromatic carbocycles. The normalized spacial score (nSPS) is 16.2. The SMILES string of the molecule is O=C1Oc2cccc3ccc4c(c23)N1c1cc2c(cc1B4c1c(-c3ccccc3)cc(-c3ccccc3)cc1-c1ccccc1)C1c3ccccc3C2c2ccccc21. The van der Waals surface area contributed by atoms with Crippen molar-refractivity contribution < 1.29 is 9.53 Å². The van der Waals surface area contributed by atoms with Crippen LogP contribution in [0.15, 0.2) is 194 Å². The van der Waals surface area contributed by atoms with Gasteiger partial charge in [0, 0.05) is 22.9 Å². The molecule has 0 N–H and O–H groups in total. The summed E-state index contributed by atoms with van der Waals surface area (Å²) >= 11 is 0. The van der Waals surface area contributed by atoms with Gasteiger partial charge in [-0.2, -0.15) is 0 Å². The smallest absolute Gasteiger partial charge is 0.409 e. The van der Waals surface area contributed by atoms with Crippen LogP contribution in [0.1, 0.15) is 45.2 Å². The number of amides is 1. The molecule has 5 aliphatic rings. The third-order valence-electron chi connectivity index (χ3n) is 13.3. The summed E-state index contributed by atoms with van der Waals surface area (Å²) in [5, 5.41) is 2.02. The van der Waals surface area contributed by atoms with Gasteiger partial charge in [0.15, 0.2) is 0 Å². The highest BCUT2D eigenvalue weighted by Crippen LogP contribution is 2.57. The predicted octanol–water partition coefficient (Wildman–Crippen LogP) is 11.3. The lowest BCUT2D eigenvalue weighted by Crippen LogP contribution is -2.60. The van der Waals surface area contributed by atoms with E-state index < -0.39 is 0 Å². The highest BCUT2D eigenvalue weighted by Gasteiger charge is 2.47. The molecule has 274 valence electrons. The topological polar surface area (TPSA) is 29.5 Å². The van der Waals surface area contributed by atoms with Crippen LogP contribution in [0.2, 0.25) is 0 Å². The van der Waals surface area contributed by atoms with Gasteiger partial charge in [0.1, 0.15) is 5.75 Å². The summed E-state index contributed by atoms with van der Waals surface area (Å²) < 4.78 is 6.25. The molecule has 0 fully saturated rings. The Hall–Kier alpha value is -7.43. The van der Waals surface area contributed by atoms with Crippen molar-refractivity contribution in [1.82, 2.24) is 0 Å². The van der Waals surface area contributed by atoms with Crippen molar-refractivity contribution in [3.05, 3.63) is 228 Å². The van der Waals surface area contributed by atoms with Gasteiger partial charge >= 0.3 is 6.09 Å². The average molecular weight is 752 g/mol. The van der Waals surface area contributed by atoms with Gasteiger partial charge in [-0.15, -0.1) is 0 Å². The molecule has 0 spiro atoms. The second-order valence-electron chi connectivity index (χ2n) is 16.2. The first-order valence-electron chi connectivity index (χ1n) is 20.5. The maximum Gasteiger partial charge on any atom is 0.424 e. The van der Waals surface area contributed by atoms with E-state index in [1.807, 2.05) is 17.0 Å². The Morgan fingerprint density at radius 3 is 1.54 bits per heavy atom. The van der Waals surface area contributed by atoms with E-state index in [4.69, 9.17) is 4.74 Å². The van der Waals surface area contributed by atoms with Crippen LogP contribution in [0.5, 0.6) is 5.75 Å². The number of hydrogen-bond acceptors (Lipinski definition) is 2. The third-order valence-corrected chi connectivity index (χ3v) is 13.3. The minimum absolute atomic E-state index is 0.0568. The predicted molar refractivity (Wildman–Crippen MR) is 241 cm³/mol. The summed E-state index contributed by atoms with van der Waals surface area (Å²) in [5.74, 6) is 0.740. The Kier molecular flexibility index (Phi) is 6.80. The van der Waals surface area contributed by atoms with Crippen LogP contribution in [-0.4, -0.2) is 12.8 Å². The zero-order chi connectivity index (χ0) is 38.8. The monoisotopic (exact) mass is 751 g/mol. The molecule has 2 bridgehead atoms. The molecule has 2 aliphatic heterocycles. The van der Waals surface area contributed by atoms with Gasteiger partial charge in [-0.3, -0.25) is 0 Å². The van der Waals surface area contributed by atoms with E-state index in [0.29, 0.717) is 5.75 Å². The first-order valence-corrected chi connectivity index (χ1v) is 20.5. The quantitative estimate of drug-likeness (QED) is 0.168. The van der Waals surface area contributed by atoms with E-state index in [2.05, 4.69) is 182 Å². The molecule has 3 aliphatic carbocycles. The van der Waals surface area contributed by atoms with Crippen LogP contribution in [0.3, 0.4) is 0 Å². The molecule has 9 aromatic rings.